The third-order valence-electron chi connectivity index (χ3n) is 6.56. The molecule has 1 amide bonds. The van der Waals surface area contributed by atoms with Crippen LogP contribution in [0.15, 0.2) is 30.3 Å². The lowest BCUT2D eigenvalue weighted by Crippen LogP contribution is -2.42. The quantitative estimate of drug-likeness (QED) is 0.545. The van der Waals surface area contributed by atoms with Crippen molar-refractivity contribution in [2.45, 2.75) is 31.3 Å². The van der Waals surface area contributed by atoms with E-state index in [1.54, 1.807) is 29.9 Å². The molecular weight excluding hydrogens is 435 g/mol. The van der Waals surface area contributed by atoms with Gasteiger partial charge in [0, 0.05) is 24.2 Å². The highest BCUT2D eigenvalue weighted by Crippen LogP contribution is 2.47. The molecule has 3 heterocycles. The third kappa shape index (κ3) is 3.17. The van der Waals surface area contributed by atoms with Crippen molar-refractivity contribution >= 4 is 5.91 Å². The van der Waals surface area contributed by atoms with Crippen LogP contribution in [-0.4, -0.2) is 40.8 Å². The van der Waals surface area contributed by atoms with E-state index in [9.17, 15) is 18.0 Å². The van der Waals surface area contributed by atoms with Crippen molar-refractivity contribution in [2.24, 2.45) is 7.05 Å². The second-order valence-electron chi connectivity index (χ2n) is 8.29. The summed E-state index contributed by atoms with van der Waals surface area (Å²) in [6.07, 6.45) is 1.97. The number of aromatic nitrogens is 2. The Bertz CT molecular complexity index is 1250. The van der Waals surface area contributed by atoms with Gasteiger partial charge in [-0.15, -0.1) is 0 Å². The number of nitrogens with zero attached hydrogens (tertiary/aromatic N) is 3. The molecule has 0 radical (unpaired) electrons. The predicted molar refractivity (Wildman–Crippen MR) is 114 cm³/mol. The van der Waals surface area contributed by atoms with Gasteiger partial charge in [0.2, 0.25) is 0 Å². The van der Waals surface area contributed by atoms with Gasteiger partial charge in [-0.05, 0) is 43.5 Å². The highest BCUT2D eigenvalue weighted by atomic mass is 19.2. The Labute approximate surface area is 188 Å². The molecule has 1 saturated heterocycles. The zero-order chi connectivity index (χ0) is 23.4. The van der Waals surface area contributed by atoms with Gasteiger partial charge in [-0.25, -0.2) is 13.2 Å². The fourth-order valence-corrected chi connectivity index (χ4v) is 5.20. The molecule has 2 aliphatic heterocycles. The zero-order valence-electron chi connectivity index (χ0n) is 18.4. The number of carbonyl (C=O) groups is 1. The normalized spacial score (nSPS) is 18.9. The number of halogens is 3. The lowest BCUT2D eigenvalue weighted by molar-refractivity contribution is 0.0638. The summed E-state index contributed by atoms with van der Waals surface area (Å²) in [6.45, 7) is 0. The number of aryl methyl sites for hydroxylation is 1. The summed E-state index contributed by atoms with van der Waals surface area (Å²) < 4.78 is 53.7. The first-order chi connectivity index (χ1) is 15.8. The Morgan fingerprint density at radius 1 is 1.09 bits per heavy atom. The third-order valence-corrected chi connectivity index (χ3v) is 6.56. The minimum atomic E-state index is -1.50. The number of ether oxygens (including phenoxy) is 2. The average molecular weight is 457 g/mol. The summed E-state index contributed by atoms with van der Waals surface area (Å²) in [7, 11) is 4.68. The Hall–Kier alpha value is -3.49. The molecular formula is C24H22F3N3O3. The Balaban J connectivity index is 1.57. The van der Waals surface area contributed by atoms with E-state index >= 15 is 0 Å². The Kier molecular flexibility index (Phi) is 5.07. The number of fused-ring (bicyclic) bond motifs is 4. The van der Waals surface area contributed by atoms with Crippen LogP contribution >= 0.6 is 0 Å². The molecule has 1 aromatic heterocycles. The van der Waals surface area contributed by atoms with Gasteiger partial charge >= 0.3 is 0 Å². The van der Waals surface area contributed by atoms with Crippen molar-refractivity contribution in [2.75, 3.05) is 14.2 Å². The molecule has 33 heavy (non-hydrogen) atoms. The second-order valence-corrected chi connectivity index (χ2v) is 8.29. The number of benzene rings is 2. The summed E-state index contributed by atoms with van der Waals surface area (Å²) in [5.74, 6) is -3.35. The number of carbonyl (C=O) groups excluding carboxylic acids is 1. The van der Waals surface area contributed by atoms with Crippen LogP contribution in [0.2, 0.25) is 0 Å². The van der Waals surface area contributed by atoms with E-state index in [0.717, 1.165) is 30.5 Å². The summed E-state index contributed by atoms with van der Waals surface area (Å²) in [5.41, 5.74) is 2.68. The lowest BCUT2D eigenvalue weighted by Gasteiger charge is -2.34. The van der Waals surface area contributed by atoms with Gasteiger partial charge in [0.25, 0.3) is 5.91 Å². The van der Waals surface area contributed by atoms with E-state index in [1.165, 1.54) is 14.2 Å². The van der Waals surface area contributed by atoms with Crippen LogP contribution in [0.4, 0.5) is 13.2 Å². The van der Waals surface area contributed by atoms with Gasteiger partial charge in [-0.1, -0.05) is 6.07 Å². The largest absolute Gasteiger partial charge is 0.493 e. The van der Waals surface area contributed by atoms with Gasteiger partial charge in [0.05, 0.1) is 37.2 Å². The fourth-order valence-electron chi connectivity index (χ4n) is 5.20. The predicted octanol–water partition coefficient (Wildman–Crippen LogP) is 4.42. The first-order valence-electron chi connectivity index (χ1n) is 10.6. The molecule has 6 nitrogen and oxygen atoms in total. The number of amides is 1. The molecule has 5 rings (SSSR count). The summed E-state index contributed by atoms with van der Waals surface area (Å²) in [4.78, 5) is 15.4. The Morgan fingerprint density at radius 2 is 1.82 bits per heavy atom. The van der Waals surface area contributed by atoms with Crippen LogP contribution in [0.25, 0.3) is 11.3 Å². The Morgan fingerprint density at radius 3 is 2.48 bits per heavy atom. The molecule has 9 heteroatoms. The van der Waals surface area contributed by atoms with Gasteiger partial charge in [-0.2, -0.15) is 5.10 Å². The monoisotopic (exact) mass is 457 g/mol. The van der Waals surface area contributed by atoms with Gasteiger partial charge in [-0.3, -0.25) is 9.48 Å². The topological polar surface area (TPSA) is 56.6 Å². The summed E-state index contributed by atoms with van der Waals surface area (Å²) >= 11 is 0. The summed E-state index contributed by atoms with van der Waals surface area (Å²) in [5, 5.41) is 4.62. The molecule has 0 saturated carbocycles. The zero-order valence-corrected chi connectivity index (χ0v) is 18.4. The molecule has 0 aliphatic carbocycles. The highest BCUT2D eigenvalue weighted by molar-refractivity contribution is 5.98. The van der Waals surface area contributed by atoms with Crippen molar-refractivity contribution in [1.82, 2.24) is 14.7 Å². The summed E-state index contributed by atoms with van der Waals surface area (Å²) in [6, 6.07) is 6.74. The van der Waals surface area contributed by atoms with Crippen molar-refractivity contribution in [1.29, 1.82) is 0 Å². The van der Waals surface area contributed by atoms with Crippen LogP contribution in [0.5, 0.6) is 11.5 Å². The number of methoxy groups -OCH3 is 2. The van der Waals surface area contributed by atoms with E-state index in [1.807, 2.05) is 4.90 Å². The molecule has 2 atom stereocenters. The van der Waals surface area contributed by atoms with Crippen molar-refractivity contribution in [3.8, 4) is 22.8 Å². The fraction of sp³-hybridized carbons (Fsp3) is 0.333. The highest BCUT2D eigenvalue weighted by Gasteiger charge is 2.46. The van der Waals surface area contributed by atoms with Gasteiger partial charge in [0.15, 0.2) is 29.0 Å². The SMILES string of the molecule is COc1cccc(C(=O)N2C3CCC2c2nn(C)c(-c4cc(F)c(F)c(F)c4)c2C3)c1OC. The number of rotatable bonds is 4. The van der Waals surface area contributed by atoms with Crippen LogP contribution < -0.4 is 9.47 Å². The minimum absolute atomic E-state index is 0.107. The molecule has 2 bridgehead atoms. The molecule has 2 aliphatic rings. The molecule has 1 fully saturated rings. The number of para-hydroxylation sites is 1. The lowest BCUT2D eigenvalue weighted by atomic mass is 9.94. The molecule has 2 unspecified atom stereocenters. The maximum Gasteiger partial charge on any atom is 0.258 e. The number of hydrogen-bond acceptors (Lipinski definition) is 4. The molecule has 3 aromatic rings. The average Bonchev–Trinajstić information content (AvgIpc) is 3.32. The molecule has 0 spiro atoms. The minimum Gasteiger partial charge on any atom is -0.493 e. The second kappa shape index (κ2) is 7.83. The van der Waals surface area contributed by atoms with Crippen LogP contribution in [0, 0.1) is 17.5 Å². The van der Waals surface area contributed by atoms with E-state index in [4.69, 9.17) is 9.47 Å². The van der Waals surface area contributed by atoms with Gasteiger partial charge < -0.3 is 14.4 Å². The van der Waals surface area contributed by atoms with E-state index < -0.39 is 17.5 Å². The standard InChI is InChI=1S/C24H22F3N3O3/c1-29-22(12-9-16(25)20(27)17(26)10-12)15-11-13-7-8-18(21(15)28-29)30(13)24(31)14-5-4-6-19(32-2)23(14)33-3/h4-6,9-10,13,18H,7-8,11H2,1-3H3. The van der Waals surface area contributed by atoms with E-state index in [-0.39, 0.29) is 23.6 Å². The first-order valence-corrected chi connectivity index (χ1v) is 10.6. The van der Waals surface area contributed by atoms with Gasteiger partial charge in [0.1, 0.15) is 0 Å². The maximum absolute atomic E-state index is 13.9. The van der Waals surface area contributed by atoms with Crippen molar-refractivity contribution < 1.29 is 27.4 Å². The van der Waals surface area contributed by atoms with Crippen molar-refractivity contribution in [3.63, 3.8) is 0 Å². The van der Waals surface area contributed by atoms with Crippen molar-refractivity contribution in [3.05, 3.63) is 64.6 Å². The van der Waals surface area contributed by atoms with E-state index in [0.29, 0.717) is 34.9 Å². The van der Waals surface area contributed by atoms with Crippen LogP contribution in [-0.2, 0) is 13.5 Å². The maximum atomic E-state index is 13.9. The van der Waals surface area contributed by atoms with Crippen LogP contribution in [0.1, 0.15) is 40.5 Å². The molecule has 2 aromatic carbocycles. The molecule has 0 N–H and O–H groups in total. The molecule has 172 valence electrons. The first kappa shape index (κ1) is 21.4. The number of hydrogen-bond donors (Lipinski definition) is 0. The smallest absolute Gasteiger partial charge is 0.258 e. The van der Waals surface area contributed by atoms with E-state index in [2.05, 4.69) is 5.10 Å². The van der Waals surface area contributed by atoms with Crippen LogP contribution in [0.3, 0.4) is 0 Å².